The van der Waals surface area contributed by atoms with Crippen molar-refractivity contribution in [2.75, 3.05) is 0 Å². The van der Waals surface area contributed by atoms with Crippen LogP contribution in [0.15, 0.2) is 24.3 Å². The zero-order valence-electron chi connectivity index (χ0n) is 18.1. The van der Waals surface area contributed by atoms with Gasteiger partial charge in [0.25, 0.3) is 0 Å². The lowest BCUT2D eigenvalue weighted by Crippen LogP contribution is -2.42. The van der Waals surface area contributed by atoms with Gasteiger partial charge in [-0.1, -0.05) is 70.3 Å². The lowest BCUT2D eigenvalue weighted by atomic mass is 10.1. The molecule has 0 saturated carbocycles. The molecule has 0 spiro atoms. The molecule has 0 aromatic rings. The van der Waals surface area contributed by atoms with E-state index >= 15 is 0 Å². The normalized spacial score (nSPS) is 13.6. The fourth-order valence-electron chi connectivity index (χ4n) is 2.92. The largest absolute Gasteiger partial charge is 0.481 e. The molecule has 0 aliphatic heterocycles. The molecule has 0 heterocycles. The van der Waals surface area contributed by atoms with Crippen LogP contribution in [-0.4, -0.2) is 34.1 Å². The van der Waals surface area contributed by atoms with Crippen LogP contribution in [0.3, 0.4) is 0 Å². The summed E-state index contributed by atoms with van der Waals surface area (Å²) in [6, 6.07) is -1.36. The molecule has 0 rings (SSSR count). The van der Waals surface area contributed by atoms with E-state index in [1.165, 1.54) is 25.7 Å². The Balaban J connectivity index is 3.70. The molecule has 0 aromatic heterocycles. The number of carboxylic acids is 2. The van der Waals surface area contributed by atoms with E-state index in [9.17, 15) is 14.4 Å². The number of unbranched alkanes of at least 4 members (excludes halogenated alkanes) is 8. The number of nitrogens with one attached hydrogen (secondary N) is 1. The summed E-state index contributed by atoms with van der Waals surface area (Å²) < 4.78 is 0. The quantitative estimate of drug-likeness (QED) is 0.216. The van der Waals surface area contributed by atoms with E-state index in [1.54, 1.807) is 0 Å². The van der Waals surface area contributed by atoms with Gasteiger partial charge < -0.3 is 15.5 Å². The summed E-state index contributed by atoms with van der Waals surface area (Å²) in [5.41, 5.74) is 0. The predicted octanol–water partition coefficient (Wildman–Crippen LogP) is 5.09. The second kappa shape index (κ2) is 18.0. The summed E-state index contributed by atoms with van der Waals surface area (Å²) in [6.45, 7) is 4.41. The fraction of sp³-hybridized carbons (Fsp3) is 0.696. The van der Waals surface area contributed by atoms with E-state index in [-0.39, 0.29) is 6.42 Å². The maximum Gasteiger partial charge on any atom is 0.326 e. The van der Waals surface area contributed by atoms with Crippen LogP contribution in [0.2, 0.25) is 0 Å². The van der Waals surface area contributed by atoms with Crippen LogP contribution in [0.1, 0.15) is 90.9 Å². The SMILES string of the molecule is CCCCCC=CC(C)C=CCCCCCCCC(=O)NC(CC(=O)O)C(=O)O. The van der Waals surface area contributed by atoms with Gasteiger partial charge in [0.05, 0.1) is 6.42 Å². The Bertz CT molecular complexity index is 527. The first kappa shape index (κ1) is 26.9. The molecule has 6 nitrogen and oxygen atoms in total. The first-order chi connectivity index (χ1) is 13.9. The smallest absolute Gasteiger partial charge is 0.326 e. The van der Waals surface area contributed by atoms with Crippen molar-refractivity contribution in [3.8, 4) is 0 Å². The highest BCUT2D eigenvalue weighted by Crippen LogP contribution is 2.10. The molecule has 0 aromatic carbocycles. The van der Waals surface area contributed by atoms with Crippen molar-refractivity contribution in [3.63, 3.8) is 0 Å². The Kier molecular flexibility index (Phi) is 16.6. The molecular formula is C23H39NO5. The summed E-state index contributed by atoms with van der Waals surface area (Å²) in [5, 5.41) is 19.8. The highest BCUT2D eigenvalue weighted by molar-refractivity contribution is 5.86. The lowest BCUT2D eigenvalue weighted by molar-refractivity contribution is -0.147. The van der Waals surface area contributed by atoms with Gasteiger partial charge in [-0.3, -0.25) is 9.59 Å². The summed E-state index contributed by atoms with van der Waals surface area (Å²) in [5.74, 6) is -2.50. The molecule has 0 saturated heterocycles. The summed E-state index contributed by atoms with van der Waals surface area (Å²) >= 11 is 0. The van der Waals surface area contributed by atoms with Crippen molar-refractivity contribution in [3.05, 3.63) is 24.3 Å². The minimum Gasteiger partial charge on any atom is -0.481 e. The molecule has 0 aliphatic carbocycles. The zero-order valence-corrected chi connectivity index (χ0v) is 18.1. The molecule has 1 amide bonds. The Morgan fingerprint density at radius 2 is 1.41 bits per heavy atom. The number of carboxylic acid groups (broad SMARTS) is 2. The number of carbonyl (C=O) groups is 3. The molecule has 0 fully saturated rings. The first-order valence-corrected chi connectivity index (χ1v) is 10.9. The van der Waals surface area contributed by atoms with Crippen LogP contribution < -0.4 is 5.32 Å². The van der Waals surface area contributed by atoms with Crippen LogP contribution in [0.25, 0.3) is 0 Å². The zero-order chi connectivity index (χ0) is 21.9. The third-order valence-electron chi connectivity index (χ3n) is 4.64. The molecule has 166 valence electrons. The van der Waals surface area contributed by atoms with Gasteiger partial charge in [-0.15, -0.1) is 0 Å². The Labute approximate surface area is 175 Å². The molecule has 0 radical (unpaired) electrons. The van der Waals surface area contributed by atoms with Gasteiger partial charge in [0.15, 0.2) is 0 Å². The van der Waals surface area contributed by atoms with Crippen LogP contribution in [0, 0.1) is 5.92 Å². The lowest BCUT2D eigenvalue weighted by Gasteiger charge is -2.12. The second-order valence-electron chi connectivity index (χ2n) is 7.57. The number of rotatable bonds is 18. The monoisotopic (exact) mass is 409 g/mol. The van der Waals surface area contributed by atoms with Crippen molar-refractivity contribution in [1.82, 2.24) is 5.32 Å². The third kappa shape index (κ3) is 17.7. The maximum absolute atomic E-state index is 11.7. The third-order valence-corrected chi connectivity index (χ3v) is 4.64. The highest BCUT2D eigenvalue weighted by Gasteiger charge is 2.22. The number of hydrogen-bond donors (Lipinski definition) is 3. The van der Waals surface area contributed by atoms with E-state index in [2.05, 4.69) is 43.5 Å². The van der Waals surface area contributed by atoms with Crippen LogP contribution >= 0.6 is 0 Å². The predicted molar refractivity (Wildman–Crippen MR) is 116 cm³/mol. The van der Waals surface area contributed by atoms with Gasteiger partial charge in [-0.2, -0.15) is 0 Å². The Morgan fingerprint density at radius 1 is 0.862 bits per heavy atom. The minimum absolute atomic E-state index is 0.228. The van der Waals surface area contributed by atoms with E-state index < -0.39 is 30.3 Å². The van der Waals surface area contributed by atoms with Crippen LogP contribution in [0.4, 0.5) is 0 Å². The Hall–Kier alpha value is -2.11. The fourth-order valence-corrected chi connectivity index (χ4v) is 2.92. The van der Waals surface area contributed by atoms with Gasteiger partial charge in [-0.25, -0.2) is 4.79 Å². The van der Waals surface area contributed by atoms with Crippen molar-refractivity contribution < 1.29 is 24.6 Å². The molecule has 3 N–H and O–H groups in total. The minimum atomic E-state index is -1.36. The number of amides is 1. The van der Waals surface area contributed by atoms with Crippen LogP contribution in [-0.2, 0) is 14.4 Å². The van der Waals surface area contributed by atoms with Gasteiger partial charge in [0.1, 0.15) is 6.04 Å². The molecule has 0 bridgehead atoms. The molecule has 29 heavy (non-hydrogen) atoms. The van der Waals surface area contributed by atoms with Crippen molar-refractivity contribution in [1.29, 1.82) is 0 Å². The van der Waals surface area contributed by atoms with Crippen molar-refractivity contribution in [2.24, 2.45) is 5.92 Å². The van der Waals surface area contributed by atoms with E-state index in [0.717, 1.165) is 32.1 Å². The summed E-state index contributed by atoms with van der Waals surface area (Å²) in [7, 11) is 0. The highest BCUT2D eigenvalue weighted by atomic mass is 16.4. The summed E-state index contributed by atoms with van der Waals surface area (Å²) in [4.78, 5) is 33.2. The second-order valence-corrected chi connectivity index (χ2v) is 7.57. The van der Waals surface area contributed by atoms with Crippen molar-refractivity contribution >= 4 is 17.8 Å². The molecule has 0 aliphatic rings. The number of aliphatic carboxylic acids is 2. The number of hydrogen-bond acceptors (Lipinski definition) is 3. The standard InChI is InChI=1S/C23H39NO5/c1-3-4-5-9-12-15-19(2)16-13-10-7-6-8-11-14-17-21(25)24-20(23(28)29)18-22(26)27/h12-13,15-16,19-20H,3-11,14,17-18H2,1-2H3,(H,24,25)(H,26,27)(H,28,29). The van der Waals surface area contributed by atoms with Gasteiger partial charge >= 0.3 is 11.9 Å². The van der Waals surface area contributed by atoms with E-state index in [1.807, 2.05) is 0 Å². The number of allylic oxidation sites excluding steroid dienone is 4. The van der Waals surface area contributed by atoms with E-state index in [0.29, 0.717) is 12.3 Å². The molecule has 6 heteroatoms. The average molecular weight is 410 g/mol. The average Bonchev–Trinajstić information content (AvgIpc) is 2.65. The topological polar surface area (TPSA) is 104 Å². The van der Waals surface area contributed by atoms with E-state index in [4.69, 9.17) is 10.2 Å². The molecular weight excluding hydrogens is 370 g/mol. The molecule has 2 atom stereocenters. The Morgan fingerprint density at radius 3 is 1.97 bits per heavy atom. The first-order valence-electron chi connectivity index (χ1n) is 10.9. The van der Waals surface area contributed by atoms with Gasteiger partial charge in [0.2, 0.25) is 5.91 Å². The van der Waals surface area contributed by atoms with Crippen molar-refractivity contribution in [2.45, 2.75) is 96.9 Å². The van der Waals surface area contributed by atoms with Gasteiger partial charge in [0, 0.05) is 6.42 Å². The van der Waals surface area contributed by atoms with Gasteiger partial charge in [-0.05, 0) is 38.0 Å². The van der Waals surface area contributed by atoms with Crippen LogP contribution in [0.5, 0.6) is 0 Å². The number of carbonyl (C=O) groups excluding carboxylic acids is 1. The summed E-state index contributed by atoms with van der Waals surface area (Å²) in [6.07, 6.45) is 19.5. The maximum atomic E-state index is 11.7. The molecule has 2 unspecified atom stereocenters.